The Balaban J connectivity index is 3.11. The molecular weight excluding hydrogens is 260 g/mol. The Bertz CT molecular complexity index is 513. The van der Waals surface area contributed by atoms with Crippen LogP contribution in [0.5, 0.6) is 0 Å². The van der Waals surface area contributed by atoms with Gasteiger partial charge in [0, 0.05) is 6.07 Å². The molecule has 1 heterocycles. The van der Waals surface area contributed by atoms with Gasteiger partial charge in [0.1, 0.15) is 10.5 Å². The van der Waals surface area contributed by atoms with Gasteiger partial charge < -0.3 is 0 Å². The van der Waals surface area contributed by atoms with Crippen molar-refractivity contribution in [3.8, 4) is 5.40 Å². The van der Waals surface area contributed by atoms with E-state index in [0.717, 1.165) is 17.4 Å². The van der Waals surface area contributed by atoms with Crippen LogP contribution in [0.2, 0.25) is 0 Å². The van der Waals surface area contributed by atoms with Crippen molar-refractivity contribution < 1.29 is 13.3 Å². The minimum Gasteiger partial charge on any atom is -0.258 e. The van der Waals surface area contributed by atoms with Crippen LogP contribution in [-0.2, 0) is 9.84 Å². The molecule has 0 saturated heterocycles. The van der Waals surface area contributed by atoms with Gasteiger partial charge in [-0.25, -0.2) is 8.42 Å². The van der Waals surface area contributed by atoms with Crippen molar-refractivity contribution in [3.63, 3.8) is 0 Å². The first kappa shape index (κ1) is 12.0. The van der Waals surface area contributed by atoms with E-state index in [0.29, 0.717) is 11.8 Å². The lowest BCUT2D eigenvalue weighted by Gasteiger charge is -1.96. The number of nitriles is 1. The van der Waals surface area contributed by atoms with E-state index >= 15 is 0 Å². The van der Waals surface area contributed by atoms with Gasteiger partial charge in [-0.2, -0.15) is 5.26 Å². The van der Waals surface area contributed by atoms with Gasteiger partial charge in [0.15, 0.2) is 4.21 Å². The van der Waals surface area contributed by atoms with Gasteiger partial charge in [-0.1, -0.05) is 0 Å². The number of rotatable bonds is 4. The average Bonchev–Trinajstić information content (AvgIpc) is 2.63. The zero-order valence-electron chi connectivity index (χ0n) is 7.11. The molecule has 80 valence electrons. The highest BCUT2D eigenvalue weighted by Gasteiger charge is 2.27. The Morgan fingerprint density at radius 1 is 1.67 bits per heavy atom. The zero-order valence-corrected chi connectivity index (χ0v) is 9.56. The van der Waals surface area contributed by atoms with Crippen molar-refractivity contribution in [2.24, 2.45) is 0 Å². The van der Waals surface area contributed by atoms with E-state index < -0.39 is 25.5 Å². The lowest BCUT2D eigenvalue weighted by molar-refractivity contribution is -0.387. The van der Waals surface area contributed by atoms with Crippen LogP contribution in [0, 0.1) is 20.8 Å². The fourth-order valence-corrected chi connectivity index (χ4v) is 4.30. The van der Waals surface area contributed by atoms with E-state index in [9.17, 15) is 18.5 Å². The second kappa shape index (κ2) is 4.61. The Kier molecular flexibility index (Phi) is 3.67. The van der Waals surface area contributed by atoms with Gasteiger partial charge in [-0.3, -0.25) is 10.1 Å². The predicted molar refractivity (Wildman–Crippen MR) is 56.2 cm³/mol. The summed E-state index contributed by atoms with van der Waals surface area (Å²) in [4.78, 5) is 9.73. The molecule has 0 fully saturated rings. The highest BCUT2D eigenvalue weighted by molar-refractivity contribution is 8.15. The fraction of sp³-hybridized carbons (Fsp3) is 0.167. The van der Waals surface area contributed by atoms with Crippen LogP contribution in [-0.4, -0.2) is 18.4 Å². The summed E-state index contributed by atoms with van der Waals surface area (Å²) in [6.45, 7) is 0. The van der Waals surface area contributed by atoms with Gasteiger partial charge in [0.25, 0.3) is 5.69 Å². The topological polar surface area (TPSA) is 101 Å². The molecule has 0 N–H and O–H groups in total. The minimum atomic E-state index is -3.74. The largest absolute Gasteiger partial charge is 0.298 e. The summed E-state index contributed by atoms with van der Waals surface area (Å²) in [5.74, 6) is 0. The van der Waals surface area contributed by atoms with Crippen LogP contribution in [0.15, 0.2) is 15.7 Å². The van der Waals surface area contributed by atoms with Crippen molar-refractivity contribution in [2.45, 2.75) is 4.21 Å². The first-order chi connectivity index (χ1) is 6.99. The number of thiocyanates is 1. The highest BCUT2D eigenvalue weighted by Crippen LogP contribution is 2.31. The molecule has 1 aromatic rings. The lowest BCUT2D eigenvalue weighted by Crippen LogP contribution is -2.03. The summed E-state index contributed by atoms with van der Waals surface area (Å²) in [6, 6.07) is 1.13. The molecule has 1 rings (SSSR count). The normalized spacial score (nSPS) is 10.9. The number of thioether (sulfide) groups is 1. The second-order valence-electron chi connectivity index (χ2n) is 2.32. The van der Waals surface area contributed by atoms with E-state index in [4.69, 9.17) is 5.26 Å². The molecular formula is C6H4N2O4S3. The van der Waals surface area contributed by atoms with Gasteiger partial charge in [-0.05, 0) is 17.1 Å². The molecule has 1 aromatic heterocycles. The van der Waals surface area contributed by atoms with Crippen molar-refractivity contribution in [3.05, 3.63) is 21.6 Å². The molecule has 0 saturated carbocycles. The summed E-state index contributed by atoms with van der Waals surface area (Å²) < 4.78 is 22.7. The van der Waals surface area contributed by atoms with Gasteiger partial charge in [0.05, 0.1) is 4.92 Å². The van der Waals surface area contributed by atoms with Crippen LogP contribution < -0.4 is 0 Å². The van der Waals surface area contributed by atoms with Gasteiger partial charge in [0.2, 0.25) is 9.84 Å². The van der Waals surface area contributed by atoms with E-state index in [1.807, 2.05) is 0 Å². The molecule has 0 aliphatic carbocycles. The maximum absolute atomic E-state index is 11.5. The molecule has 0 radical (unpaired) electrons. The van der Waals surface area contributed by atoms with Crippen LogP contribution in [0.25, 0.3) is 0 Å². The molecule has 0 unspecified atom stereocenters. The molecule has 0 aromatic carbocycles. The zero-order chi connectivity index (χ0) is 11.5. The lowest BCUT2D eigenvalue weighted by atomic mass is 10.6. The predicted octanol–water partition coefficient (Wildman–Crippen LogP) is 1.60. The molecule has 0 atom stereocenters. The van der Waals surface area contributed by atoms with Crippen molar-refractivity contribution >= 4 is 38.6 Å². The van der Waals surface area contributed by atoms with E-state index in [1.54, 1.807) is 5.40 Å². The van der Waals surface area contributed by atoms with Gasteiger partial charge >= 0.3 is 0 Å². The molecule has 0 aliphatic heterocycles. The monoisotopic (exact) mass is 264 g/mol. The maximum atomic E-state index is 11.5. The van der Waals surface area contributed by atoms with Crippen molar-refractivity contribution in [1.82, 2.24) is 0 Å². The number of hydrogen-bond donors (Lipinski definition) is 0. The summed E-state index contributed by atoms with van der Waals surface area (Å²) in [5, 5.41) is 21.2. The summed E-state index contributed by atoms with van der Waals surface area (Å²) in [7, 11) is -3.74. The number of nitrogens with zero attached hydrogens (tertiary/aromatic N) is 2. The first-order valence-electron chi connectivity index (χ1n) is 3.44. The number of sulfone groups is 1. The number of thiophene rings is 1. The summed E-state index contributed by atoms with van der Waals surface area (Å²) in [5.41, 5.74) is -0.432. The molecule has 0 amide bonds. The highest BCUT2D eigenvalue weighted by atomic mass is 32.3. The Hall–Kier alpha value is -1.11. The third kappa shape index (κ3) is 2.68. The van der Waals surface area contributed by atoms with Crippen molar-refractivity contribution in [1.29, 1.82) is 5.26 Å². The van der Waals surface area contributed by atoms with Crippen molar-refractivity contribution in [2.75, 3.05) is 5.08 Å². The SMILES string of the molecule is N#CSCS(=O)(=O)c1sccc1[N+](=O)[O-]. The fourth-order valence-electron chi connectivity index (χ4n) is 0.814. The third-order valence-electron chi connectivity index (χ3n) is 1.37. The standard InChI is InChI=1S/C6H4N2O4S3/c7-3-13-4-15(11,12)6-5(8(9)10)1-2-14-6/h1-2H,4H2. The molecule has 15 heavy (non-hydrogen) atoms. The molecule has 0 bridgehead atoms. The maximum Gasteiger partial charge on any atom is 0.298 e. The molecule has 0 aliphatic rings. The number of hydrogen-bond acceptors (Lipinski definition) is 7. The molecule has 0 spiro atoms. The van der Waals surface area contributed by atoms with Crippen LogP contribution in [0.4, 0.5) is 5.69 Å². The number of nitro groups is 1. The Morgan fingerprint density at radius 2 is 2.33 bits per heavy atom. The Labute approximate surface area is 93.6 Å². The van der Waals surface area contributed by atoms with E-state index in [2.05, 4.69) is 0 Å². The quantitative estimate of drug-likeness (QED) is 0.465. The summed E-state index contributed by atoms with van der Waals surface area (Å²) in [6.07, 6.45) is 0. The van der Waals surface area contributed by atoms with Crippen LogP contribution >= 0.6 is 23.1 Å². The Morgan fingerprint density at radius 3 is 2.87 bits per heavy atom. The minimum absolute atomic E-state index is 0.296. The smallest absolute Gasteiger partial charge is 0.258 e. The van der Waals surface area contributed by atoms with Gasteiger partial charge in [-0.15, -0.1) is 11.3 Å². The van der Waals surface area contributed by atoms with E-state index in [1.165, 1.54) is 5.38 Å². The van der Waals surface area contributed by atoms with Crippen LogP contribution in [0.1, 0.15) is 0 Å². The van der Waals surface area contributed by atoms with Crippen LogP contribution in [0.3, 0.4) is 0 Å². The summed E-state index contributed by atoms with van der Waals surface area (Å²) >= 11 is 1.32. The van der Waals surface area contributed by atoms with E-state index in [-0.39, 0.29) is 4.21 Å². The second-order valence-corrected chi connectivity index (χ2v) is 6.54. The average molecular weight is 264 g/mol. The first-order valence-corrected chi connectivity index (χ1v) is 6.96. The molecule has 9 heteroatoms. The third-order valence-corrected chi connectivity index (χ3v) is 5.73. The molecule has 6 nitrogen and oxygen atoms in total.